The van der Waals surface area contributed by atoms with Crippen molar-refractivity contribution in [3.63, 3.8) is 0 Å². The summed E-state index contributed by atoms with van der Waals surface area (Å²) in [6.07, 6.45) is 6.93. The highest BCUT2D eigenvalue weighted by molar-refractivity contribution is 5.49. The van der Waals surface area contributed by atoms with Gasteiger partial charge in [0.15, 0.2) is 0 Å². The third-order valence-electron chi connectivity index (χ3n) is 3.54. The molecule has 0 saturated carbocycles. The Balaban J connectivity index is 2.07. The van der Waals surface area contributed by atoms with E-state index in [1.54, 1.807) is 0 Å². The quantitative estimate of drug-likeness (QED) is 0.722. The zero-order valence-corrected chi connectivity index (χ0v) is 12.7. The summed E-state index contributed by atoms with van der Waals surface area (Å²) in [5, 5.41) is 13.2. The molecule has 0 saturated heterocycles. The first kappa shape index (κ1) is 16.2. The lowest BCUT2D eigenvalue weighted by atomic mass is 10.0. The molecule has 2 rings (SSSR count). The summed E-state index contributed by atoms with van der Waals surface area (Å²) in [6, 6.07) is 20.3. The van der Waals surface area contributed by atoms with E-state index in [9.17, 15) is 5.11 Å². The van der Waals surface area contributed by atoms with Crippen LogP contribution < -0.4 is 5.32 Å². The Bertz CT molecular complexity index is 577. The summed E-state index contributed by atoms with van der Waals surface area (Å²) in [5.74, 6) is 0. The fourth-order valence-corrected chi connectivity index (χ4v) is 2.37. The molecule has 2 aromatic rings. The van der Waals surface area contributed by atoms with Gasteiger partial charge in [-0.15, -0.1) is 6.58 Å². The molecule has 0 aliphatic carbocycles. The van der Waals surface area contributed by atoms with Crippen LogP contribution >= 0.6 is 0 Å². The van der Waals surface area contributed by atoms with Crippen molar-refractivity contribution >= 4 is 6.08 Å². The van der Waals surface area contributed by atoms with E-state index in [-0.39, 0.29) is 18.7 Å². The van der Waals surface area contributed by atoms with E-state index in [0.29, 0.717) is 0 Å². The Labute approximate surface area is 132 Å². The van der Waals surface area contributed by atoms with Crippen molar-refractivity contribution < 1.29 is 5.11 Å². The van der Waals surface area contributed by atoms with E-state index in [1.807, 2.05) is 54.6 Å². The first-order valence-corrected chi connectivity index (χ1v) is 7.59. The van der Waals surface area contributed by atoms with Gasteiger partial charge in [-0.3, -0.25) is 0 Å². The van der Waals surface area contributed by atoms with Crippen LogP contribution in [0.15, 0.2) is 79.4 Å². The third-order valence-corrected chi connectivity index (χ3v) is 3.54. The lowest BCUT2D eigenvalue weighted by Crippen LogP contribution is -2.33. The van der Waals surface area contributed by atoms with Crippen molar-refractivity contribution in [3.8, 4) is 0 Å². The molecule has 2 nitrogen and oxygen atoms in total. The predicted molar refractivity (Wildman–Crippen MR) is 93.5 cm³/mol. The van der Waals surface area contributed by atoms with Crippen molar-refractivity contribution in [1.82, 2.24) is 5.32 Å². The first-order valence-electron chi connectivity index (χ1n) is 7.59. The van der Waals surface area contributed by atoms with Crippen LogP contribution in [0.4, 0.5) is 0 Å². The molecule has 0 aliphatic heterocycles. The molecule has 0 heterocycles. The molecule has 114 valence electrons. The second-order valence-electron chi connectivity index (χ2n) is 5.21. The SMILES string of the molecule is C=CC[C@@H](/C=C/c1ccccc1)N[C@H](CO)c1ccccc1. The lowest BCUT2D eigenvalue weighted by molar-refractivity contribution is 0.238. The predicted octanol–water partition coefficient (Wildman–Crippen LogP) is 3.97. The molecule has 0 spiro atoms. The van der Waals surface area contributed by atoms with Crippen molar-refractivity contribution in [3.05, 3.63) is 90.5 Å². The summed E-state index contributed by atoms with van der Waals surface area (Å²) < 4.78 is 0. The van der Waals surface area contributed by atoms with Crippen molar-refractivity contribution in [2.45, 2.75) is 18.5 Å². The molecular weight excluding hydrogens is 270 g/mol. The van der Waals surface area contributed by atoms with Crippen LogP contribution in [0.3, 0.4) is 0 Å². The van der Waals surface area contributed by atoms with Gasteiger partial charge in [0.2, 0.25) is 0 Å². The van der Waals surface area contributed by atoms with Gasteiger partial charge in [-0.1, -0.05) is 78.9 Å². The second kappa shape index (κ2) is 8.98. The van der Waals surface area contributed by atoms with Crippen LogP contribution in [0.5, 0.6) is 0 Å². The average molecular weight is 293 g/mol. The van der Waals surface area contributed by atoms with Crippen molar-refractivity contribution in [1.29, 1.82) is 0 Å². The van der Waals surface area contributed by atoms with E-state index < -0.39 is 0 Å². The van der Waals surface area contributed by atoms with Gasteiger partial charge in [0.1, 0.15) is 0 Å². The minimum Gasteiger partial charge on any atom is -0.394 e. The Kier molecular flexibility index (Phi) is 6.62. The van der Waals surface area contributed by atoms with Crippen LogP contribution in [-0.2, 0) is 0 Å². The van der Waals surface area contributed by atoms with E-state index in [0.717, 1.165) is 12.0 Å². The van der Waals surface area contributed by atoms with E-state index in [4.69, 9.17) is 0 Å². The normalized spacial score (nSPS) is 13.9. The fourth-order valence-electron chi connectivity index (χ4n) is 2.37. The Morgan fingerprint density at radius 1 is 1.00 bits per heavy atom. The minimum atomic E-state index is -0.0772. The molecule has 0 radical (unpaired) electrons. The molecule has 0 aliphatic rings. The molecule has 0 amide bonds. The topological polar surface area (TPSA) is 32.3 Å². The molecule has 22 heavy (non-hydrogen) atoms. The standard InChI is InChI=1S/C20H23NO/c1-2-9-19(15-14-17-10-5-3-6-11-17)21-20(16-22)18-12-7-4-8-13-18/h2-8,10-15,19-22H,1,9,16H2/b15-14+/t19-,20+/m0/s1. The summed E-state index contributed by atoms with van der Waals surface area (Å²) in [7, 11) is 0. The minimum absolute atomic E-state index is 0.0663. The number of aliphatic hydroxyl groups excluding tert-OH is 1. The number of benzene rings is 2. The monoisotopic (exact) mass is 293 g/mol. The molecule has 0 aromatic heterocycles. The lowest BCUT2D eigenvalue weighted by Gasteiger charge is -2.22. The molecule has 2 N–H and O–H groups in total. The Morgan fingerprint density at radius 2 is 1.64 bits per heavy atom. The highest BCUT2D eigenvalue weighted by Gasteiger charge is 2.13. The molecule has 0 bridgehead atoms. The Hall–Kier alpha value is -2.16. The molecule has 2 atom stereocenters. The van der Waals surface area contributed by atoms with Gasteiger partial charge in [-0.05, 0) is 17.5 Å². The van der Waals surface area contributed by atoms with Gasteiger partial charge >= 0.3 is 0 Å². The molecule has 2 heteroatoms. The smallest absolute Gasteiger partial charge is 0.0626 e. The van der Waals surface area contributed by atoms with E-state index in [1.165, 1.54) is 5.56 Å². The zero-order valence-electron chi connectivity index (χ0n) is 12.7. The van der Waals surface area contributed by atoms with Crippen LogP contribution in [0.25, 0.3) is 6.08 Å². The summed E-state index contributed by atoms with van der Waals surface area (Å²) >= 11 is 0. The second-order valence-corrected chi connectivity index (χ2v) is 5.21. The number of nitrogens with one attached hydrogen (secondary N) is 1. The maximum Gasteiger partial charge on any atom is 0.0626 e. The maximum absolute atomic E-state index is 9.67. The van der Waals surface area contributed by atoms with Gasteiger partial charge in [0, 0.05) is 6.04 Å². The number of hydrogen-bond donors (Lipinski definition) is 2. The third kappa shape index (κ3) is 4.99. The molecule has 0 unspecified atom stereocenters. The van der Waals surface area contributed by atoms with Crippen LogP contribution in [-0.4, -0.2) is 17.8 Å². The fraction of sp³-hybridized carbons (Fsp3) is 0.200. The first-order chi connectivity index (χ1) is 10.8. The molecule has 2 aromatic carbocycles. The summed E-state index contributed by atoms with van der Waals surface area (Å²) in [6.45, 7) is 3.89. The van der Waals surface area contributed by atoms with Gasteiger partial charge in [-0.25, -0.2) is 0 Å². The van der Waals surface area contributed by atoms with Gasteiger partial charge in [0.25, 0.3) is 0 Å². The molecule has 0 fully saturated rings. The van der Waals surface area contributed by atoms with Crippen LogP contribution in [0.1, 0.15) is 23.6 Å². The van der Waals surface area contributed by atoms with Crippen molar-refractivity contribution in [2.75, 3.05) is 6.61 Å². The van der Waals surface area contributed by atoms with Crippen molar-refractivity contribution in [2.24, 2.45) is 0 Å². The highest BCUT2D eigenvalue weighted by atomic mass is 16.3. The van der Waals surface area contributed by atoms with Crippen LogP contribution in [0.2, 0.25) is 0 Å². The number of hydrogen-bond acceptors (Lipinski definition) is 2. The summed E-state index contributed by atoms with van der Waals surface area (Å²) in [4.78, 5) is 0. The largest absolute Gasteiger partial charge is 0.394 e. The zero-order chi connectivity index (χ0) is 15.6. The highest BCUT2D eigenvalue weighted by Crippen LogP contribution is 2.14. The Morgan fingerprint density at radius 3 is 2.23 bits per heavy atom. The van der Waals surface area contributed by atoms with E-state index in [2.05, 4.69) is 36.2 Å². The summed E-state index contributed by atoms with van der Waals surface area (Å²) in [5.41, 5.74) is 2.26. The van der Waals surface area contributed by atoms with E-state index >= 15 is 0 Å². The van der Waals surface area contributed by atoms with Gasteiger partial charge < -0.3 is 10.4 Å². The number of aliphatic hydroxyl groups is 1. The van der Waals surface area contributed by atoms with Crippen LogP contribution in [0, 0.1) is 0 Å². The van der Waals surface area contributed by atoms with Gasteiger partial charge in [0.05, 0.1) is 12.6 Å². The maximum atomic E-state index is 9.67. The average Bonchev–Trinajstić information content (AvgIpc) is 2.59. The molecular formula is C20H23NO. The number of rotatable bonds is 8. The van der Waals surface area contributed by atoms with Gasteiger partial charge in [-0.2, -0.15) is 0 Å².